The molecule has 53 heavy (non-hydrogen) atoms. The Balaban J connectivity index is 1.35. The molecule has 3 heterocycles. The number of nitrogens with one attached hydrogen (secondary N) is 2. The summed E-state index contributed by atoms with van der Waals surface area (Å²) in [5.41, 5.74) is -1.50. The molecular weight excluding hydrogens is 708 g/mol. The van der Waals surface area contributed by atoms with Gasteiger partial charge in [-0.05, 0) is 63.5 Å². The molecule has 0 spiro atoms. The quantitative estimate of drug-likeness (QED) is 0.238. The first-order valence-electron chi connectivity index (χ1n) is 18.1. The summed E-state index contributed by atoms with van der Waals surface area (Å²) < 4.78 is 47.4. The molecule has 1 aromatic carbocycles. The minimum atomic E-state index is -3.79. The van der Waals surface area contributed by atoms with Gasteiger partial charge in [0.25, 0.3) is 0 Å². The van der Waals surface area contributed by atoms with E-state index in [1.54, 1.807) is 6.07 Å². The number of sulfone groups is 1. The Morgan fingerprint density at radius 1 is 1.00 bits per heavy atom. The second-order valence-corrected chi connectivity index (χ2v) is 16.2. The highest BCUT2D eigenvalue weighted by Crippen LogP contribution is 2.46. The molecule has 286 valence electrons. The van der Waals surface area contributed by atoms with E-state index < -0.39 is 63.4 Å². The summed E-state index contributed by atoms with van der Waals surface area (Å²) in [5.74, 6) is -2.72. The third-order valence-corrected chi connectivity index (χ3v) is 11.6. The zero-order valence-electron chi connectivity index (χ0n) is 30.1. The van der Waals surface area contributed by atoms with Crippen LogP contribution >= 0.6 is 0 Å². The van der Waals surface area contributed by atoms with E-state index in [1.165, 1.54) is 37.3 Å². The molecule has 3 amide bonds. The fraction of sp³-hybridized carbons (Fsp3) is 0.568. The molecular formula is C37H46N4O11S. The number of pyridine rings is 1. The molecule has 2 saturated carbocycles. The van der Waals surface area contributed by atoms with Crippen molar-refractivity contribution in [2.75, 3.05) is 27.0 Å². The third-order valence-electron chi connectivity index (χ3n) is 10.5. The van der Waals surface area contributed by atoms with E-state index in [0.717, 1.165) is 51.2 Å². The van der Waals surface area contributed by atoms with Gasteiger partial charge in [-0.25, -0.2) is 27.8 Å². The summed E-state index contributed by atoms with van der Waals surface area (Å²) in [4.78, 5) is 73.0. The van der Waals surface area contributed by atoms with E-state index in [9.17, 15) is 32.4 Å². The topological polar surface area (TPSA) is 197 Å². The van der Waals surface area contributed by atoms with Gasteiger partial charge in [0.05, 0.1) is 31.2 Å². The normalized spacial score (nSPS) is 26.7. The molecule has 2 aliphatic carbocycles. The van der Waals surface area contributed by atoms with Crippen LogP contribution in [0.25, 0.3) is 10.9 Å². The summed E-state index contributed by atoms with van der Waals surface area (Å²) in [6, 6.07) is 3.68. The van der Waals surface area contributed by atoms with Gasteiger partial charge in [0, 0.05) is 30.0 Å². The third kappa shape index (κ3) is 8.26. The standard InChI is InChI=1S/C37H46N4O11S/c1-49-34(44)27-19-29(25-15-11-17-30(31(25)38-27)53(3,47)48)51-24-18-28-32(42)40-37(35(45)50-2)20-22(37)12-7-5-4-6-8-16-26(33(43)41(28)21-24)39-36(46)52-23-13-9-10-14-23/h7,11-12,15,17,19,22-24,26,28H,4-6,8-10,13-14,16,18,20-21H2,1-3H3,(H,39,46)(H,40,42)/t22?,24-,26+,28+,37-/m1/s1. The van der Waals surface area contributed by atoms with Crippen LogP contribution in [0.4, 0.5) is 4.79 Å². The number of carbonyl (C=O) groups excluding carboxylic acids is 5. The number of alkyl carbamates (subject to hydrolysis) is 1. The van der Waals surface area contributed by atoms with Crippen molar-refractivity contribution >= 4 is 50.6 Å². The van der Waals surface area contributed by atoms with Crippen LogP contribution in [-0.2, 0) is 38.4 Å². The number of allylic oxidation sites excluding steroid dienone is 1. The maximum absolute atomic E-state index is 14.5. The van der Waals surface area contributed by atoms with E-state index >= 15 is 0 Å². The molecule has 2 aliphatic heterocycles. The van der Waals surface area contributed by atoms with Gasteiger partial charge in [-0.1, -0.05) is 31.1 Å². The Hall–Kier alpha value is -4.73. The summed E-state index contributed by atoms with van der Waals surface area (Å²) in [5, 5.41) is 5.95. The molecule has 6 rings (SSSR count). The summed E-state index contributed by atoms with van der Waals surface area (Å²) in [6.45, 7) is -0.107. The fourth-order valence-corrected chi connectivity index (χ4v) is 8.46. The molecule has 1 aromatic heterocycles. The van der Waals surface area contributed by atoms with Crippen LogP contribution in [0, 0.1) is 5.92 Å². The van der Waals surface area contributed by atoms with Crippen molar-refractivity contribution in [3.8, 4) is 5.75 Å². The largest absolute Gasteiger partial charge is 0.488 e. The number of nitrogens with zero attached hydrogens (tertiary/aromatic N) is 2. The van der Waals surface area contributed by atoms with Crippen LogP contribution in [-0.4, -0.2) is 105 Å². The predicted molar refractivity (Wildman–Crippen MR) is 190 cm³/mol. The number of para-hydroxylation sites is 1. The zero-order valence-corrected chi connectivity index (χ0v) is 30.9. The Morgan fingerprint density at radius 2 is 1.75 bits per heavy atom. The zero-order chi connectivity index (χ0) is 37.9. The number of aromatic nitrogens is 1. The van der Waals surface area contributed by atoms with Crippen LogP contribution in [0.15, 0.2) is 41.3 Å². The SMILES string of the molecule is COC(=O)c1cc(O[C@@H]2C[C@H]3C(=O)N[C@]4(C(=O)OC)CC4C=CCCCCC[C@H](NC(=O)OC4CCCC4)C(=O)N3C2)c2cccc(S(C)(=O)=O)c2n1. The number of methoxy groups -OCH3 is 2. The van der Waals surface area contributed by atoms with Gasteiger partial charge in [0.1, 0.15) is 35.6 Å². The Labute approximate surface area is 308 Å². The first kappa shape index (κ1) is 38.0. The Morgan fingerprint density at radius 3 is 2.47 bits per heavy atom. The molecule has 0 bridgehead atoms. The van der Waals surface area contributed by atoms with Gasteiger partial charge in [-0.3, -0.25) is 9.59 Å². The van der Waals surface area contributed by atoms with Crippen molar-refractivity contribution in [2.24, 2.45) is 5.92 Å². The number of ether oxygens (including phenoxy) is 4. The van der Waals surface area contributed by atoms with E-state index in [-0.39, 0.29) is 52.2 Å². The van der Waals surface area contributed by atoms with Gasteiger partial charge in [0.15, 0.2) is 15.5 Å². The van der Waals surface area contributed by atoms with Gasteiger partial charge in [0.2, 0.25) is 11.8 Å². The lowest BCUT2D eigenvalue weighted by Crippen LogP contribution is -2.56. The number of hydrogen-bond acceptors (Lipinski definition) is 12. The van der Waals surface area contributed by atoms with Gasteiger partial charge in [-0.2, -0.15) is 0 Å². The van der Waals surface area contributed by atoms with E-state index in [0.29, 0.717) is 19.3 Å². The molecule has 0 radical (unpaired) electrons. The smallest absolute Gasteiger partial charge is 0.408 e. The maximum atomic E-state index is 14.5. The van der Waals surface area contributed by atoms with Crippen molar-refractivity contribution in [3.63, 3.8) is 0 Å². The number of hydrogen-bond donors (Lipinski definition) is 2. The highest BCUT2D eigenvalue weighted by Gasteiger charge is 2.62. The minimum absolute atomic E-state index is 0.00699. The average molecular weight is 755 g/mol. The lowest BCUT2D eigenvalue weighted by Gasteiger charge is -2.29. The fourth-order valence-electron chi connectivity index (χ4n) is 7.63. The first-order valence-corrected chi connectivity index (χ1v) is 20.0. The number of rotatable bonds is 7. The first-order chi connectivity index (χ1) is 25.3. The van der Waals surface area contributed by atoms with E-state index in [2.05, 4.69) is 15.6 Å². The Kier molecular flexibility index (Phi) is 11.3. The second kappa shape index (κ2) is 15.7. The van der Waals surface area contributed by atoms with Crippen molar-refractivity contribution in [3.05, 3.63) is 42.1 Å². The molecule has 2 N–H and O–H groups in total. The summed E-state index contributed by atoms with van der Waals surface area (Å²) in [6.07, 6.45) is 10.2. The predicted octanol–water partition coefficient (Wildman–Crippen LogP) is 3.38. The van der Waals surface area contributed by atoms with Crippen LogP contribution in [0.2, 0.25) is 0 Å². The monoisotopic (exact) mass is 754 g/mol. The van der Waals surface area contributed by atoms with E-state index in [1.807, 2.05) is 12.2 Å². The van der Waals surface area contributed by atoms with Gasteiger partial charge < -0.3 is 34.5 Å². The summed E-state index contributed by atoms with van der Waals surface area (Å²) >= 11 is 0. The van der Waals surface area contributed by atoms with Crippen molar-refractivity contribution in [1.29, 1.82) is 0 Å². The van der Waals surface area contributed by atoms with E-state index in [4.69, 9.17) is 18.9 Å². The number of esters is 2. The molecule has 16 heteroatoms. The molecule has 2 aromatic rings. The molecule has 5 atom stereocenters. The molecule has 1 unspecified atom stereocenters. The lowest BCUT2D eigenvalue weighted by atomic mass is 10.0. The number of fused-ring (bicyclic) bond motifs is 3. The highest BCUT2D eigenvalue weighted by molar-refractivity contribution is 7.91. The molecule has 3 fully saturated rings. The van der Waals surface area contributed by atoms with Crippen LogP contribution in [0.5, 0.6) is 5.75 Å². The summed E-state index contributed by atoms with van der Waals surface area (Å²) in [7, 11) is -1.37. The van der Waals surface area contributed by atoms with Crippen LogP contribution in [0.3, 0.4) is 0 Å². The van der Waals surface area contributed by atoms with Crippen molar-refractivity contribution in [2.45, 2.75) is 105 Å². The Bertz CT molecular complexity index is 1910. The highest BCUT2D eigenvalue weighted by atomic mass is 32.2. The molecule has 1 saturated heterocycles. The molecule has 4 aliphatic rings. The molecule has 15 nitrogen and oxygen atoms in total. The maximum Gasteiger partial charge on any atom is 0.408 e. The van der Waals surface area contributed by atoms with Gasteiger partial charge >= 0.3 is 18.0 Å². The van der Waals surface area contributed by atoms with Crippen LogP contribution < -0.4 is 15.4 Å². The number of benzene rings is 1. The number of amides is 3. The lowest BCUT2D eigenvalue weighted by molar-refractivity contribution is -0.148. The van der Waals surface area contributed by atoms with Crippen molar-refractivity contribution in [1.82, 2.24) is 20.5 Å². The van der Waals surface area contributed by atoms with Gasteiger partial charge in [-0.15, -0.1) is 0 Å². The second-order valence-electron chi connectivity index (χ2n) is 14.2. The van der Waals surface area contributed by atoms with Crippen LogP contribution in [0.1, 0.15) is 81.1 Å². The average Bonchev–Trinajstić information content (AvgIpc) is 3.41. The minimum Gasteiger partial charge on any atom is -0.488 e. The van der Waals surface area contributed by atoms with Crippen molar-refractivity contribution < 1.29 is 51.3 Å². The number of carbonyl (C=O) groups is 5.